The molecule has 0 aliphatic carbocycles. The summed E-state index contributed by atoms with van der Waals surface area (Å²) in [7, 11) is -3.52. The second-order valence-corrected chi connectivity index (χ2v) is 9.91. The second kappa shape index (κ2) is 12.9. The van der Waals surface area contributed by atoms with E-state index in [0.29, 0.717) is 11.7 Å². The molecule has 1 heterocycles. The first-order valence-corrected chi connectivity index (χ1v) is 13.6. The average Bonchev–Trinajstić information content (AvgIpc) is 2.77. The minimum atomic E-state index is -3.52. The van der Waals surface area contributed by atoms with E-state index in [1.54, 1.807) is 6.07 Å². The van der Waals surface area contributed by atoms with Crippen molar-refractivity contribution in [1.29, 1.82) is 0 Å². The molecule has 0 radical (unpaired) electrons. The van der Waals surface area contributed by atoms with Crippen LogP contribution in [0.5, 0.6) is 5.75 Å². The first kappa shape index (κ1) is 26.3. The van der Waals surface area contributed by atoms with E-state index in [2.05, 4.69) is 11.8 Å². The SMILES string of the molecule is CC.CCCc1ccc(OS(C)(=O)=O)cc1CC1CCN(CCc2ccc(F)cc2)CC1. The highest BCUT2D eigenvalue weighted by atomic mass is 32.2. The summed E-state index contributed by atoms with van der Waals surface area (Å²) in [5.41, 5.74) is 3.67. The van der Waals surface area contributed by atoms with E-state index in [4.69, 9.17) is 4.18 Å². The molecule has 2 aromatic carbocycles. The summed E-state index contributed by atoms with van der Waals surface area (Å²) >= 11 is 0. The molecule has 6 heteroatoms. The standard InChI is InChI=1S/C24H32FNO3S.C2H6/c1-3-4-21-7-10-24(29-30(2,27)28)18-22(21)17-20-12-15-26(16-13-20)14-11-19-5-8-23(25)9-6-19;1-2/h5-10,18,20H,3-4,11-17H2,1-2H3;1-2H3. The zero-order valence-corrected chi connectivity index (χ0v) is 20.8. The Morgan fingerprint density at radius 3 is 2.25 bits per heavy atom. The van der Waals surface area contributed by atoms with E-state index in [9.17, 15) is 12.8 Å². The number of nitrogens with zero attached hydrogens (tertiary/aromatic N) is 1. The molecule has 0 saturated carbocycles. The molecule has 178 valence electrons. The Morgan fingerprint density at radius 2 is 1.66 bits per heavy atom. The number of halogens is 1. The fourth-order valence-electron chi connectivity index (χ4n) is 4.20. The number of aryl methyl sites for hydroxylation is 1. The van der Waals surface area contributed by atoms with Crippen LogP contribution in [-0.2, 0) is 29.4 Å². The fraction of sp³-hybridized carbons (Fsp3) is 0.538. The highest BCUT2D eigenvalue weighted by molar-refractivity contribution is 7.86. The molecule has 0 N–H and O–H groups in total. The normalized spacial score (nSPS) is 15.2. The van der Waals surface area contributed by atoms with Crippen molar-refractivity contribution in [2.75, 3.05) is 25.9 Å². The van der Waals surface area contributed by atoms with Crippen molar-refractivity contribution in [2.24, 2.45) is 5.92 Å². The summed E-state index contributed by atoms with van der Waals surface area (Å²) < 4.78 is 41.1. The Labute approximate surface area is 193 Å². The molecule has 0 unspecified atom stereocenters. The summed E-state index contributed by atoms with van der Waals surface area (Å²) in [5, 5.41) is 0. The van der Waals surface area contributed by atoms with Crippen molar-refractivity contribution in [3.8, 4) is 5.75 Å². The van der Waals surface area contributed by atoms with Gasteiger partial charge in [-0.3, -0.25) is 0 Å². The molecule has 1 aliphatic rings. The molecule has 0 atom stereocenters. The van der Waals surface area contributed by atoms with Crippen molar-refractivity contribution >= 4 is 10.1 Å². The van der Waals surface area contributed by atoms with Crippen LogP contribution in [0, 0.1) is 11.7 Å². The molecule has 32 heavy (non-hydrogen) atoms. The quantitative estimate of drug-likeness (QED) is 0.452. The van der Waals surface area contributed by atoms with Crippen molar-refractivity contribution in [2.45, 2.75) is 59.3 Å². The molecular weight excluding hydrogens is 425 g/mol. The lowest BCUT2D eigenvalue weighted by Gasteiger charge is -2.32. The van der Waals surface area contributed by atoms with Gasteiger partial charge in [-0.2, -0.15) is 8.42 Å². The lowest BCUT2D eigenvalue weighted by Crippen LogP contribution is -2.35. The van der Waals surface area contributed by atoms with Gasteiger partial charge in [-0.05, 0) is 92.1 Å². The first-order valence-electron chi connectivity index (χ1n) is 11.8. The maximum Gasteiger partial charge on any atom is 0.306 e. The molecule has 4 nitrogen and oxygen atoms in total. The van der Waals surface area contributed by atoms with Crippen molar-refractivity contribution in [3.05, 3.63) is 65.0 Å². The molecule has 1 fully saturated rings. The van der Waals surface area contributed by atoms with Crippen molar-refractivity contribution in [1.82, 2.24) is 4.90 Å². The molecule has 0 aromatic heterocycles. The minimum absolute atomic E-state index is 0.187. The van der Waals surface area contributed by atoms with Crippen LogP contribution in [0.15, 0.2) is 42.5 Å². The highest BCUT2D eigenvalue weighted by Gasteiger charge is 2.21. The van der Waals surface area contributed by atoms with Gasteiger partial charge < -0.3 is 9.08 Å². The zero-order valence-electron chi connectivity index (χ0n) is 19.9. The van der Waals surface area contributed by atoms with Crippen LogP contribution in [0.3, 0.4) is 0 Å². The largest absolute Gasteiger partial charge is 0.383 e. The van der Waals surface area contributed by atoms with Crippen LogP contribution in [0.1, 0.15) is 56.7 Å². The maximum absolute atomic E-state index is 13.0. The smallest absolute Gasteiger partial charge is 0.306 e. The van der Waals surface area contributed by atoms with E-state index >= 15 is 0 Å². The monoisotopic (exact) mass is 463 g/mol. The van der Waals surface area contributed by atoms with Crippen LogP contribution in [0.2, 0.25) is 0 Å². The van der Waals surface area contributed by atoms with E-state index in [0.717, 1.165) is 64.4 Å². The Morgan fingerprint density at radius 1 is 1.00 bits per heavy atom. The van der Waals surface area contributed by atoms with Crippen LogP contribution in [0.25, 0.3) is 0 Å². The van der Waals surface area contributed by atoms with Gasteiger partial charge in [0.05, 0.1) is 6.26 Å². The second-order valence-electron chi connectivity index (χ2n) is 8.33. The number of piperidine rings is 1. The van der Waals surface area contributed by atoms with Gasteiger partial charge in [-0.1, -0.05) is 45.4 Å². The molecule has 2 aromatic rings. The molecule has 3 rings (SSSR count). The number of hydrogen-bond donors (Lipinski definition) is 0. The number of benzene rings is 2. The predicted molar refractivity (Wildman–Crippen MR) is 130 cm³/mol. The lowest BCUT2D eigenvalue weighted by molar-refractivity contribution is 0.185. The van der Waals surface area contributed by atoms with Crippen molar-refractivity contribution in [3.63, 3.8) is 0 Å². The first-order chi connectivity index (χ1) is 15.3. The third-order valence-corrected chi connectivity index (χ3v) is 6.29. The van der Waals surface area contributed by atoms with Gasteiger partial charge in [0.2, 0.25) is 0 Å². The van der Waals surface area contributed by atoms with Gasteiger partial charge in [0.25, 0.3) is 0 Å². The molecular formula is C26H38FNO3S. The van der Waals surface area contributed by atoms with Gasteiger partial charge in [0, 0.05) is 6.54 Å². The van der Waals surface area contributed by atoms with Crippen LogP contribution >= 0.6 is 0 Å². The van der Waals surface area contributed by atoms with Crippen LogP contribution in [-0.4, -0.2) is 39.2 Å². The topological polar surface area (TPSA) is 46.6 Å². The van der Waals surface area contributed by atoms with Gasteiger partial charge in [-0.25, -0.2) is 4.39 Å². The Balaban J connectivity index is 0.00000176. The van der Waals surface area contributed by atoms with Crippen LogP contribution in [0.4, 0.5) is 4.39 Å². The third-order valence-electron chi connectivity index (χ3n) is 5.79. The third kappa shape index (κ3) is 8.91. The van der Waals surface area contributed by atoms with E-state index in [1.807, 2.05) is 38.1 Å². The van der Waals surface area contributed by atoms with Crippen molar-refractivity contribution < 1.29 is 17.0 Å². The summed E-state index contributed by atoms with van der Waals surface area (Å²) in [6.45, 7) is 9.28. The fourth-order valence-corrected chi connectivity index (χ4v) is 4.65. The van der Waals surface area contributed by atoms with Gasteiger partial charge >= 0.3 is 10.1 Å². The summed E-state index contributed by atoms with van der Waals surface area (Å²) in [6, 6.07) is 12.5. The maximum atomic E-state index is 13.0. The lowest BCUT2D eigenvalue weighted by atomic mass is 9.87. The summed E-state index contributed by atoms with van der Waals surface area (Å²) in [6.07, 6.45) is 7.29. The molecule has 1 saturated heterocycles. The Bertz CT molecular complexity index is 921. The van der Waals surface area contributed by atoms with E-state index in [1.165, 1.54) is 28.8 Å². The predicted octanol–water partition coefficient (Wildman–Crippen LogP) is 5.64. The van der Waals surface area contributed by atoms with Gasteiger partial charge in [0.1, 0.15) is 11.6 Å². The molecule has 0 amide bonds. The Kier molecular flexibility index (Phi) is 10.7. The Hall–Kier alpha value is -1.92. The molecule has 0 spiro atoms. The summed E-state index contributed by atoms with van der Waals surface area (Å²) in [5.74, 6) is 0.813. The number of likely N-dealkylation sites (tertiary alicyclic amines) is 1. The number of rotatable bonds is 9. The van der Waals surface area contributed by atoms with Crippen LogP contribution < -0.4 is 4.18 Å². The molecule has 0 bridgehead atoms. The average molecular weight is 464 g/mol. The van der Waals surface area contributed by atoms with E-state index in [-0.39, 0.29) is 5.82 Å². The van der Waals surface area contributed by atoms with Gasteiger partial charge in [-0.15, -0.1) is 0 Å². The minimum Gasteiger partial charge on any atom is -0.383 e. The molecule has 1 aliphatic heterocycles. The number of hydrogen-bond acceptors (Lipinski definition) is 4. The highest BCUT2D eigenvalue weighted by Crippen LogP contribution is 2.27. The van der Waals surface area contributed by atoms with E-state index < -0.39 is 10.1 Å². The van der Waals surface area contributed by atoms with Gasteiger partial charge in [0.15, 0.2) is 0 Å². The zero-order chi connectivity index (χ0) is 23.6. The summed E-state index contributed by atoms with van der Waals surface area (Å²) in [4.78, 5) is 2.48.